The van der Waals surface area contributed by atoms with Crippen molar-refractivity contribution in [1.82, 2.24) is 5.32 Å². The highest BCUT2D eigenvalue weighted by Crippen LogP contribution is 2.27. The van der Waals surface area contributed by atoms with E-state index in [9.17, 15) is 35.1 Å². The highest BCUT2D eigenvalue weighted by atomic mass is 16.7. The van der Waals surface area contributed by atoms with Crippen LogP contribution in [0.15, 0.2) is 60.8 Å². The van der Waals surface area contributed by atoms with Crippen molar-refractivity contribution in [2.75, 3.05) is 13.2 Å². The van der Waals surface area contributed by atoms with Gasteiger partial charge in [-0.3, -0.25) is 9.59 Å². The monoisotopic (exact) mass is 1270 g/mol. The van der Waals surface area contributed by atoms with Gasteiger partial charge in [0.25, 0.3) is 0 Å². The molecule has 11 heteroatoms. The molecule has 0 aromatic carbocycles. The van der Waals surface area contributed by atoms with E-state index >= 15 is 0 Å². The van der Waals surface area contributed by atoms with E-state index in [0.717, 1.165) is 77.0 Å². The Morgan fingerprint density at radius 1 is 0.433 bits per heavy atom. The summed E-state index contributed by atoms with van der Waals surface area (Å²) in [5.74, 6) is -1.18. The number of ether oxygens (including phenoxy) is 3. The standard InChI is InChI=1S/C79H145NO10/c1-4-7-10-13-16-19-22-25-27-29-31-33-35-36-37-38-39-41-43-45-47-49-52-55-58-61-64-67-74(84)90-77-76(86)75(85)73(68-81)89-79(77)88-69-70(71(82)65-62-59-56-53-50-24-21-18-15-12-9-6-3)80-78(87)72(83)66-63-60-57-54-51-48-46-44-42-40-34-32-30-28-26-23-20-17-14-11-8-5-2/h17,20,25-28,32,34,62,65,70-73,75-77,79,81-83,85-86H,4-16,18-19,21-24,29-31,33,35-61,63-64,66-69H2,1-3H3,(H,80,87)/b20-17-,27-25+,28-26-,34-32-,65-62+. The molecule has 90 heavy (non-hydrogen) atoms. The molecule has 8 atom stereocenters. The lowest BCUT2D eigenvalue weighted by atomic mass is 9.99. The molecule has 1 fully saturated rings. The number of allylic oxidation sites excluding steroid dienone is 9. The normalized spacial score (nSPS) is 18.3. The van der Waals surface area contributed by atoms with Crippen LogP contribution in [0.1, 0.15) is 367 Å². The molecule has 11 nitrogen and oxygen atoms in total. The summed E-state index contributed by atoms with van der Waals surface area (Å²) in [5, 5.41) is 57.4. The van der Waals surface area contributed by atoms with Crippen LogP contribution in [0.3, 0.4) is 0 Å². The predicted molar refractivity (Wildman–Crippen MR) is 380 cm³/mol. The van der Waals surface area contributed by atoms with Gasteiger partial charge < -0.3 is 45.1 Å². The summed E-state index contributed by atoms with van der Waals surface area (Å²) in [6.07, 6.45) is 75.6. The van der Waals surface area contributed by atoms with Crippen molar-refractivity contribution in [3.8, 4) is 0 Å². The van der Waals surface area contributed by atoms with Crippen molar-refractivity contribution in [3.63, 3.8) is 0 Å². The topological polar surface area (TPSA) is 175 Å². The molecular formula is C79H145NO10. The zero-order chi connectivity index (χ0) is 65.3. The highest BCUT2D eigenvalue weighted by molar-refractivity contribution is 5.80. The molecular weight excluding hydrogens is 1120 g/mol. The maximum Gasteiger partial charge on any atom is 0.306 e. The van der Waals surface area contributed by atoms with E-state index < -0.39 is 67.4 Å². The Balaban J connectivity index is 2.51. The average molecular weight is 1270 g/mol. The van der Waals surface area contributed by atoms with Crippen LogP contribution in [-0.4, -0.2) is 99.6 Å². The van der Waals surface area contributed by atoms with Crippen LogP contribution < -0.4 is 5.32 Å². The molecule has 1 heterocycles. The number of nitrogens with one attached hydrogen (secondary N) is 1. The van der Waals surface area contributed by atoms with E-state index in [0.29, 0.717) is 12.8 Å². The molecule has 1 aliphatic rings. The smallest absolute Gasteiger partial charge is 0.306 e. The summed E-state index contributed by atoms with van der Waals surface area (Å²) in [7, 11) is 0. The van der Waals surface area contributed by atoms with Crippen LogP contribution in [0.4, 0.5) is 0 Å². The minimum Gasteiger partial charge on any atom is -0.454 e. The number of hydrogen-bond donors (Lipinski definition) is 6. The highest BCUT2D eigenvalue weighted by Gasteiger charge is 2.47. The summed E-state index contributed by atoms with van der Waals surface area (Å²) in [5.41, 5.74) is 0. The van der Waals surface area contributed by atoms with Gasteiger partial charge in [0.05, 0.1) is 25.4 Å². The molecule has 1 aliphatic heterocycles. The minimum absolute atomic E-state index is 0.126. The number of hydrogen-bond acceptors (Lipinski definition) is 10. The summed E-state index contributed by atoms with van der Waals surface area (Å²) >= 11 is 0. The number of esters is 1. The second kappa shape index (κ2) is 66.4. The van der Waals surface area contributed by atoms with Crippen LogP contribution in [0, 0.1) is 0 Å². The second-order valence-electron chi connectivity index (χ2n) is 26.7. The largest absolute Gasteiger partial charge is 0.454 e. The summed E-state index contributed by atoms with van der Waals surface area (Å²) in [6, 6.07) is -1.03. The molecule has 1 amide bonds. The van der Waals surface area contributed by atoms with Gasteiger partial charge in [-0.1, -0.05) is 332 Å². The van der Waals surface area contributed by atoms with Gasteiger partial charge in [0.15, 0.2) is 12.4 Å². The fourth-order valence-electron chi connectivity index (χ4n) is 12.1. The third-order valence-electron chi connectivity index (χ3n) is 18.1. The predicted octanol–water partition coefficient (Wildman–Crippen LogP) is 20.5. The van der Waals surface area contributed by atoms with E-state index in [-0.39, 0.29) is 19.4 Å². The molecule has 0 aromatic rings. The van der Waals surface area contributed by atoms with Crippen LogP contribution in [-0.2, 0) is 23.8 Å². The Morgan fingerprint density at radius 3 is 1.18 bits per heavy atom. The molecule has 8 unspecified atom stereocenters. The average Bonchev–Trinajstić information content (AvgIpc) is 1.14. The summed E-state index contributed by atoms with van der Waals surface area (Å²) < 4.78 is 17.7. The first-order chi connectivity index (χ1) is 44.2. The number of aliphatic hydroxyl groups is 5. The van der Waals surface area contributed by atoms with Gasteiger partial charge in [-0.25, -0.2) is 0 Å². The molecule has 0 spiro atoms. The third kappa shape index (κ3) is 52.7. The summed E-state index contributed by atoms with van der Waals surface area (Å²) in [6.45, 7) is 5.81. The van der Waals surface area contributed by atoms with Crippen LogP contribution in [0.25, 0.3) is 0 Å². The van der Waals surface area contributed by atoms with E-state index in [1.54, 1.807) is 6.08 Å². The van der Waals surface area contributed by atoms with E-state index in [1.165, 1.54) is 244 Å². The lowest BCUT2D eigenvalue weighted by molar-refractivity contribution is -0.305. The number of amides is 1. The first-order valence-corrected chi connectivity index (χ1v) is 38.6. The number of unbranched alkanes of at least 4 members (excludes halogenated alkanes) is 45. The molecule has 0 bridgehead atoms. The quantitative estimate of drug-likeness (QED) is 0.0195. The van der Waals surface area contributed by atoms with Crippen LogP contribution in [0.2, 0.25) is 0 Å². The van der Waals surface area contributed by atoms with Gasteiger partial charge in [-0.05, 0) is 89.9 Å². The molecule has 0 aliphatic carbocycles. The zero-order valence-corrected chi connectivity index (χ0v) is 58.8. The zero-order valence-electron chi connectivity index (χ0n) is 58.8. The first-order valence-electron chi connectivity index (χ1n) is 38.6. The molecule has 1 saturated heterocycles. The van der Waals surface area contributed by atoms with Gasteiger partial charge in [0.1, 0.15) is 24.4 Å². The number of carbonyl (C=O) groups excluding carboxylic acids is 2. The van der Waals surface area contributed by atoms with Crippen molar-refractivity contribution in [2.45, 2.75) is 416 Å². The second-order valence-corrected chi connectivity index (χ2v) is 26.7. The van der Waals surface area contributed by atoms with Crippen molar-refractivity contribution in [2.24, 2.45) is 0 Å². The number of rotatable bonds is 67. The Hall–Kier alpha value is -2.64. The van der Waals surface area contributed by atoms with E-state index in [2.05, 4.69) is 74.7 Å². The van der Waals surface area contributed by atoms with Crippen molar-refractivity contribution in [1.29, 1.82) is 0 Å². The lowest BCUT2D eigenvalue weighted by Crippen LogP contribution is -2.61. The number of carbonyl (C=O) groups is 2. The van der Waals surface area contributed by atoms with Crippen LogP contribution in [0.5, 0.6) is 0 Å². The Labute approximate surface area is 554 Å². The molecule has 526 valence electrons. The minimum atomic E-state index is -1.62. The molecule has 1 rings (SSSR count). The fraction of sp³-hybridized carbons (Fsp3) is 0.848. The Kier molecular flexibility index (Phi) is 63.0. The van der Waals surface area contributed by atoms with Gasteiger partial charge in [0.2, 0.25) is 5.91 Å². The molecule has 0 radical (unpaired) electrons. The van der Waals surface area contributed by atoms with E-state index in [1.807, 2.05) is 6.08 Å². The Bertz CT molecular complexity index is 1700. The SMILES string of the molecule is CCCCC/C=C\C/C=C\C/C=C\CCCCCCCCCCCC(O)C(=O)NC(COC1OC(CO)C(O)C(O)C1OC(=O)CCCCCCCCCCCCCCCCCCC/C=C/CCCCCCCC)C(O)/C=C/CCCCCCCCCCCC. The molecule has 0 saturated carbocycles. The molecule has 6 N–H and O–H groups in total. The fourth-order valence-corrected chi connectivity index (χ4v) is 12.1. The van der Waals surface area contributed by atoms with Gasteiger partial charge in [0, 0.05) is 6.42 Å². The Morgan fingerprint density at radius 2 is 0.767 bits per heavy atom. The van der Waals surface area contributed by atoms with Gasteiger partial charge in [-0.2, -0.15) is 0 Å². The molecule has 0 aromatic heterocycles. The van der Waals surface area contributed by atoms with Crippen molar-refractivity contribution in [3.05, 3.63) is 60.8 Å². The summed E-state index contributed by atoms with van der Waals surface area (Å²) in [4.78, 5) is 26.7. The maximum absolute atomic E-state index is 13.5. The van der Waals surface area contributed by atoms with Crippen molar-refractivity contribution >= 4 is 11.9 Å². The lowest BCUT2D eigenvalue weighted by Gasteiger charge is -2.41. The number of aliphatic hydroxyl groups excluding tert-OH is 5. The van der Waals surface area contributed by atoms with Gasteiger partial charge in [-0.15, -0.1) is 0 Å². The van der Waals surface area contributed by atoms with Gasteiger partial charge >= 0.3 is 5.97 Å². The van der Waals surface area contributed by atoms with Crippen LogP contribution >= 0.6 is 0 Å². The third-order valence-corrected chi connectivity index (χ3v) is 18.1. The van der Waals surface area contributed by atoms with E-state index in [4.69, 9.17) is 14.2 Å². The first kappa shape index (κ1) is 85.4. The maximum atomic E-state index is 13.5. The van der Waals surface area contributed by atoms with Crippen molar-refractivity contribution < 1.29 is 49.3 Å².